The summed E-state index contributed by atoms with van der Waals surface area (Å²) in [4.78, 5) is 46.5. The van der Waals surface area contributed by atoms with Crippen molar-refractivity contribution >= 4 is 44.3 Å². The lowest BCUT2D eigenvalue weighted by atomic mass is 9.85. The maximum absolute atomic E-state index is 14.0. The van der Waals surface area contributed by atoms with Crippen LogP contribution in [0.5, 0.6) is 0 Å². The summed E-state index contributed by atoms with van der Waals surface area (Å²) in [5.41, 5.74) is 0.514. The van der Waals surface area contributed by atoms with Gasteiger partial charge in [0, 0.05) is 30.7 Å². The maximum Gasteiger partial charge on any atom is 0.246 e. The van der Waals surface area contributed by atoms with E-state index in [9.17, 15) is 22.8 Å². The quantitative estimate of drug-likeness (QED) is 0.463. The van der Waals surface area contributed by atoms with Gasteiger partial charge in [0.1, 0.15) is 6.04 Å². The Morgan fingerprint density at radius 1 is 1.13 bits per heavy atom. The van der Waals surface area contributed by atoms with E-state index in [1.807, 2.05) is 45.0 Å². The van der Waals surface area contributed by atoms with Crippen LogP contribution in [0.3, 0.4) is 0 Å². The molecule has 0 saturated carbocycles. The Kier molecular flexibility index (Phi) is 8.02. The molecule has 2 fully saturated rings. The van der Waals surface area contributed by atoms with Gasteiger partial charge in [0.25, 0.3) is 0 Å². The van der Waals surface area contributed by atoms with Gasteiger partial charge in [-0.3, -0.25) is 19.4 Å². The minimum Gasteiger partial charge on any atom is -0.342 e. The van der Waals surface area contributed by atoms with E-state index in [1.54, 1.807) is 31.1 Å². The molecule has 3 heterocycles. The van der Waals surface area contributed by atoms with Crippen molar-refractivity contribution in [2.75, 3.05) is 31.7 Å². The number of nitrogens with zero attached hydrogens (tertiary/aromatic N) is 3. The van der Waals surface area contributed by atoms with Gasteiger partial charge in [-0.05, 0) is 37.9 Å². The van der Waals surface area contributed by atoms with Crippen molar-refractivity contribution in [3.8, 4) is 0 Å². The molecule has 4 rings (SSSR count). The summed E-state index contributed by atoms with van der Waals surface area (Å²) in [5.74, 6) is -1.83. The second-order valence-corrected chi connectivity index (χ2v) is 13.4. The summed E-state index contributed by atoms with van der Waals surface area (Å²) >= 11 is 0. The highest BCUT2D eigenvalue weighted by atomic mass is 32.2. The molecule has 3 amide bonds. The lowest BCUT2D eigenvalue weighted by molar-refractivity contribution is -0.141. The Morgan fingerprint density at radius 2 is 1.82 bits per heavy atom. The van der Waals surface area contributed by atoms with Gasteiger partial charge in [0.15, 0.2) is 0 Å². The zero-order valence-electron chi connectivity index (χ0n) is 23.3. The van der Waals surface area contributed by atoms with Gasteiger partial charge in [-0.15, -0.1) is 0 Å². The van der Waals surface area contributed by atoms with Crippen molar-refractivity contribution in [1.82, 2.24) is 24.8 Å². The first-order chi connectivity index (χ1) is 18.2. The maximum atomic E-state index is 14.0. The summed E-state index contributed by atoms with van der Waals surface area (Å²) < 4.78 is 26.8. The third kappa shape index (κ3) is 5.78. The number of carbonyl (C=O) groups excluding carboxylic acids is 3. The van der Waals surface area contributed by atoms with Gasteiger partial charge in [-0.2, -0.15) is 4.31 Å². The average molecular weight is 559 g/mol. The summed E-state index contributed by atoms with van der Waals surface area (Å²) in [6.07, 6.45) is 3.17. The molecular formula is C27H38N6O5S. The number of benzene rings is 1. The minimum absolute atomic E-state index is 0.0364. The van der Waals surface area contributed by atoms with Crippen molar-refractivity contribution in [1.29, 1.82) is 0 Å². The number of amides is 3. The fourth-order valence-electron chi connectivity index (χ4n) is 5.56. The van der Waals surface area contributed by atoms with Gasteiger partial charge >= 0.3 is 0 Å². The first kappa shape index (κ1) is 28.9. The van der Waals surface area contributed by atoms with Crippen LogP contribution in [0.2, 0.25) is 0 Å². The molecule has 0 bridgehead atoms. The Morgan fingerprint density at radius 3 is 2.46 bits per heavy atom. The van der Waals surface area contributed by atoms with Crippen LogP contribution in [0.25, 0.3) is 10.9 Å². The third-order valence-corrected chi connectivity index (χ3v) is 9.01. The number of anilines is 1. The standard InChI is InChI=1S/C27H38N6O5S/c1-16(28-5)24(34)31-23(27(2,3)4)26(36)32-14-12-20-22(32)18(15-33(20)39(6,37)38)25(35)30-19-11-7-9-17-10-8-13-29-21(17)19/h7-11,13,16,18,20,22-23,28H,12,14-15H2,1-6H3,(H,30,35)(H,31,34)/t16-,18-,20+,22+,23+/m0/s1. The summed E-state index contributed by atoms with van der Waals surface area (Å²) in [7, 11) is -1.97. The van der Waals surface area contributed by atoms with Crippen molar-refractivity contribution in [2.24, 2.45) is 11.3 Å². The second kappa shape index (κ2) is 10.8. The van der Waals surface area contributed by atoms with Crippen LogP contribution in [0.1, 0.15) is 34.1 Å². The van der Waals surface area contributed by atoms with Crippen LogP contribution in [0, 0.1) is 11.3 Å². The molecule has 5 atom stereocenters. The van der Waals surface area contributed by atoms with Crippen LogP contribution < -0.4 is 16.0 Å². The molecule has 3 N–H and O–H groups in total. The first-order valence-corrected chi connectivity index (χ1v) is 15.0. The minimum atomic E-state index is -3.64. The number of pyridine rings is 1. The molecule has 2 aromatic rings. The van der Waals surface area contributed by atoms with E-state index in [1.165, 1.54) is 4.31 Å². The Balaban J connectivity index is 1.66. The predicted molar refractivity (Wildman–Crippen MR) is 149 cm³/mol. The van der Waals surface area contributed by atoms with E-state index in [0.717, 1.165) is 11.6 Å². The molecule has 0 unspecified atom stereocenters. The Bertz CT molecular complexity index is 1370. The summed E-state index contributed by atoms with van der Waals surface area (Å²) in [6, 6.07) is 6.59. The molecule has 2 aliphatic rings. The highest BCUT2D eigenvalue weighted by molar-refractivity contribution is 7.88. The molecular weight excluding hydrogens is 520 g/mol. The van der Waals surface area contributed by atoms with E-state index in [4.69, 9.17) is 0 Å². The van der Waals surface area contributed by atoms with E-state index in [-0.39, 0.29) is 30.8 Å². The fraction of sp³-hybridized carbons (Fsp3) is 0.556. The largest absolute Gasteiger partial charge is 0.342 e. The average Bonchev–Trinajstić information content (AvgIpc) is 3.46. The van der Waals surface area contributed by atoms with E-state index >= 15 is 0 Å². The smallest absolute Gasteiger partial charge is 0.246 e. The number of carbonyl (C=O) groups is 3. The predicted octanol–water partition coefficient (Wildman–Crippen LogP) is 1.17. The molecule has 212 valence electrons. The SMILES string of the molecule is CN[C@@H](C)C(=O)N[C@H](C(=O)N1CC[C@@H]2[C@H]1[C@@H](C(=O)Nc1cccc3cccnc13)CN2S(C)(=O)=O)C(C)(C)C. The van der Waals surface area contributed by atoms with Crippen LogP contribution in [0.4, 0.5) is 5.69 Å². The molecule has 12 heteroatoms. The molecule has 2 saturated heterocycles. The summed E-state index contributed by atoms with van der Waals surface area (Å²) in [6.45, 7) is 7.54. The van der Waals surface area contributed by atoms with Gasteiger partial charge in [-0.25, -0.2) is 8.42 Å². The number of rotatable bonds is 7. The summed E-state index contributed by atoms with van der Waals surface area (Å²) in [5, 5.41) is 9.56. The molecule has 39 heavy (non-hydrogen) atoms. The number of hydrogen-bond acceptors (Lipinski definition) is 7. The number of hydrogen-bond donors (Lipinski definition) is 3. The third-order valence-electron chi connectivity index (χ3n) is 7.74. The number of para-hydroxylation sites is 1. The highest BCUT2D eigenvalue weighted by Crippen LogP contribution is 2.39. The molecule has 1 aromatic heterocycles. The molecule has 0 spiro atoms. The molecule has 0 aliphatic carbocycles. The fourth-order valence-corrected chi connectivity index (χ4v) is 6.71. The zero-order chi connectivity index (χ0) is 28.7. The zero-order valence-corrected chi connectivity index (χ0v) is 24.1. The second-order valence-electron chi connectivity index (χ2n) is 11.5. The highest BCUT2D eigenvalue weighted by Gasteiger charge is 2.56. The van der Waals surface area contributed by atoms with Crippen molar-refractivity contribution in [3.05, 3.63) is 36.5 Å². The number of aromatic nitrogens is 1. The number of likely N-dealkylation sites (tertiary alicyclic amines) is 1. The first-order valence-electron chi connectivity index (χ1n) is 13.1. The normalized spacial score (nSPS) is 23.3. The van der Waals surface area contributed by atoms with Crippen LogP contribution >= 0.6 is 0 Å². The lowest BCUT2D eigenvalue weighted by Gasteiger charge is -2.37. The number of likely N-dealkylation sites (N-methyl/N-ethyl adjacent to an activating group) is 1. The van der Waals surface area contributed by atoms with Crippen LogP contribution in [-0.2, 0) is 24.4 Å². The lowest BCUT2D eigenvalue weighted by Crippen LogP contribution is -2.59. The number of sulfonamides is 1. The van der Waals surface area contributed by atoms with Gasteiger partial charge in [0.2, 0.25) is 27.7 Å². The van der Waals surface area contributed by atoms with Gasteiger partial charge < -0.3 is 20.9 Å². The van der Waals surface area contributed by atoms with Crippen molar-refractivity contribution in [2.45, 2.75) is 58.3 Å². The van der Waals surface area contributed by atoms with E-state index in [2.05, 4.69) is 20.9 Å². The number of fused-ring (bicyclic) bond motifs is 2. The van der Waals surface area contributed by atoms with Gasteiger partial charge in [0.05, 0.1) is 35.5 Å². The van der Waals surface area contributed by atoms with Crippen molar-refractivity contribution in [3.63, 3.8) is 0 Å². The van der Waals surface area contributed by atoms with E-state index < -0.39 is 45.5 Å². The molecule has 2 aliphatic heterocycles. The molecule has 1 aromatic carbocycles. The molecule has 0 radical (unpaired) electrons. The monoisotopic (exact) mass is 558 g/mol. The molecule has 11 nitrogen and oxygen atoms in total. The van der Waals surface area contributed by atoms with Crippen LogP contribution in [-0.4, -0.2) is 90.9 Å². The number of nitrogens with one attached hydrogen (secondary N) is 3. The Labute approximate surface area is 229 Å². The van der Waals surface area contributed by atoms with Gasteiger partial charge in [-0.1, -0.05) is 39.0 Å². The Hall–Kier alpha value is -3.09. The van der Waals surface area contributed by atoms with Crippen LogP contribution in [0.15, 0.2) is 36.5 Å². The van der Waals surface area contributed by atoms with Crippen molar-refractivity contribution < 1.29 is 22.8 Å². The topological polar surface area (TPSA) is 141 Å². The van der Waals surface area contributed by atoms with E-state index in [0.29, 0.717) is 17.6 Å².